The molecule has 27 heavy (non-hydrogen) atoms. The van der Waals surface area contributed by atoms with Gasteiger partial charge in [-0.15, -0.1) is 0 Å². The summed E-state index contributed by atoms with van der Waals surface area (Å²) in [6.45, 7) is 2.68. The number of benzene rings is 1. The van der Waals surface area contributed by atoms with Gasteiger partial charge in [0.05, 0.1) is 30.4 Å². The van der Waals surface area contributed by atoms with E-state index in [0.29, 0.717) is 17.3 Å². The van der Waals surface area contributed by atoms with Crippen molar-refractivity contribution >= 4 is 28.3 Å². The Bertz CT molecular complexity index is 936. The monoisotopic (exact) mass is 383 g/mol. The lowest BCUT2D eigenvalue weighted by Gasteiger charge is -2.40. The molecular formula is C20H22ClN5O. The summed E-state index contributed by atoms with van der Waals surface area (Å²) in [6.07, 6.45) is 4.39. The summed E-state index contributed by atoms with van der Waals surface area (Å²) in [7, 11) is 3.82. The molecule has 0 spiro atoms. The molecule has 0 radical (unpaired) electrons. The molecule has 1 saturated heterocycles. The molecule has 3 aromatic rings. The highest BCUT2D eigenvalue weighted by Crippen LogP contribution is 2.33. The number of rotatable bonds is 4. The molecule has 0 aliphatic carbocycles. The summed E-state index contributed by atoms with van der Waals surface area (Å²) < 4.78 is 5.52. The van der Waals surface area contributed by atoms with Gasteiger partial charge in [-0.1, -0.05) is 30.3 Å². The molecular weight excluding hydrogens is 362 g/mol. The number of nitrogens with zero attached hydrogens (tertiary/aromatic N) is 5. The molecule has 0 amide bonds. The Hall–Kier alpha value is -2.44. The largest absolute Gasteiger partial charge is 0.494 e. The molecule has 1 aromatic carbocycles. The highest BCUT2D eigenvalue weighted by Gasteiger charge is 2.27. The standard InChI is InChI=1S/C20H22ClN5O/c1-25-8-9-26(13-15(25)10-14-6-4-3-5-7-14)19-18-16(23-20(21)24-19)11-22-12-17(18)27-2/h3-7,11-12,15H,8-10,13H2,1-2H3/t15-/m0/s1. The topological polar surface area (TPSA) is 54.4 Å². The van der Waals surface area contributed by atoms with Crippen molar-refractivity contribution in [3.05, 3.63) is 53.6 Å². The average Bonchev–Trinajstić information content (AvgIpc) is 2.69. The summed E-state index contributed by atoms with van der Waals surface area (Å²) in [5, 5.41) is 1.09. The number of aromatic nitrogens is 3. The van der Waals surface area contributed by atoms with Gasteiger partial charge in [0, 0.05) is 25.7 Å². The van der Waals surface area contributed by atoms with E-state index in [0.717, 1.165) is 37.3 Å². The van der Waals surface area contributed by atoms with Crippen LogP contribution in [-0.2, 0) is 6.42 Å². The van der Waals surface area contributed by atoms with Crippen molar-refractivity contribution in [2.45, 2.75) is 12.5 Å². The zero-order valence-electron chi connectivity index (χ0n) is 15.5. The molecule has 0 unspecified atom stereocenters. The number of ether oxygens (including phenoxy) is 1. The molecule has 1 aliphatic rings. The Kier molecular flexibility index (Phi) is 5.09. The smallest absolute Gasteiger partial charge is 0.224 e. The van der Waals surface area contributed by atoms with Crippen LogP contribution in [0.25, 0.3) is 10.9 Å². The number of fused-ring (bicyclic) bond motifs is 1. The molecule has 6 nitrogen and oxygen atoms in total. The van der Waals surface area contributed by atoms with Gasteiger partial charge in [0.15, 0.2) is 0 Å². The Labute approximate surface area is 163 Å². The molecule has 7 heteroatoms. The second-order valence-electron chi connectivity index (χ2n) is 6.82. The number of likely N-dealkylation sites (N-methyl/N-ethyl adjacent to an activating group) is 1. The van der Waals surface area contributed by atoms with E-state index in [1.54, 1.807) is 19.5 Å². The number of methoxy groups -OCH3 is 1. The van der Waals surface area contributed by atoms with Gasteiger partial charge in [-0.25, -0.2) is 4.98 Å². The lowest BCUT2D eigenvalue weighted by Crippen LogP contribution is -2.52. The van der Waals surface area contributed by atoms with Gasteiger partial charge >= 0.3 is 0 Å². The third kappa shape index (κ3) is 3.68. The first kappa shape index (κ1) is 17.9. The lowest BCUT2D eigenvalue weighted by molar-refractivity contribution is 0.217. The summed E-state index contributed by atoms with van der Waals surface area (Å²) in [5.41, 5.74) is 2.03. The van der Waals surface area contributed by atoms with Crippen LogP contribution in [0, 0.1) is 0 Å². The van der Waals surface area contributed by atoms with Crippen LogP contribution in [0.3, 0.4) is 0 Å². The first-order valence-electron chi connectivity index (χ1n) is 9.00. The van der Waals surface area contributed by atoms with Gasteiger partial charge in [0.25, 0.3) is 0 Å². The Morgan fingerprint density at radius 2 is 1.96 bits per heavy atom. The van der Waals surface area contributed by atoms with E-state index < -0.39 is 0 Å². The normalized spacial score (nSPS) is 18.0. The number of piperazine rings is 1. The van der Waals surface area contributed by atoms with Crippen LogP contribution in [0.4, 0.5) is 5.82 Å². The van der Waals surface area contributed by atoms with Gasteiger partial charge in [0.1, 0.15) is 11.6 Å². The fourth-order valence-electron chi connectivity index (χ4n) is 3.64. The molecule has 3 heterocycles. The molecule has 0 N–H and O–H groups in total. The SMILES string of the molecule is COc1cncc2nc(Cl)nc(N3CCN(C)[C@@H](Cc4ccccc4)C3)c12. The zero-order valence-corrected chi connectivity index (χ0v) is 16.2. The van der Waals surface area contributed by atoms with Crippen LogP contribution < -0.4 is 9.64 Å². The highest BCUT2D eigenvalue weighted by molar-refractivity contribution is 6.29. The van der Waals surface area contributed by atoms with Gasteiger partial charge in [-0.05, 0) is 30.6 Å². The number of hydrogen-bond donors (Lipinski definition) is 0. The van der Waals surface area contributed by atoms with Crippen LogP contribution in [-0.4, -0.2) is 59.7 Å². The fraction of sp³-hybridized carbons (Fsp3) is 0.350. The molecule has 0 bridgehead atoms. The minimum Gasteiger partial charge on any atom is -0.494 e. The summed E-state index contributed by atoms with van der Waals surface area (Å²) in [5.74, 6) is 1.48. The van der Waals surface area contributed by atoms with Gasteiger partial charge < -0.3 is 9.64 Å². The molecule has 4 rings (SSSR count). The third-order valence-corrected chi connectivity index (χ3v) is 5.31. The van der Waals surface area contributed by atoms with Crippen molar-refractivity contribution in [2.75, 3.05) is 38.7 Å². The van der Waals surface area contributed by atoms with E-state index >= 15 is 0 Å². The van der Waals surface area contributed by atoms with Gasteiger partial charge in [-0.3, -0.25) is 9.88 Å². The van der Waals surface area contributed by atoms with E-state index in [4.69, 9.17) is 16.3 Å². The quantitative estimate of drug-likeness (QED) is 0.645. The molecule has 140 valence electrons. The summed E-state index contributed by atoms with van der Waals surface area (Å²) in [6, 6.07) is 11.0. The summed E-state index contributed by atoms with van der Waals surface area (Å²) in [4.78, 5) is 17.8. The maximum absolute atomic E-state index is 6.21. The van der Waals surface area contributed by atoms with Crippen LogP contribution >= 0.6 is 11.6 Å². The first-order chi connectivity index (χ1) is 13.2. The molecule has 1 atom stereocenters. The van der Waals surface area contributed by atoms with Gasteiger partial charge in [-0.2, -0.15) is 4.98 Å². The Morgan fingerprint density at radius 3 is 2.74 bits per heavy atom. The minimum absolute atomic E-state index is 0.228. The van der Waals surface area contributed by atoms with Crippen LogP contribution in [0.15, 0.2) is 42.7 Å². The van der Waals surface area contributed by atoms with E-state index in [2.05, 4.69) is 62.1 Å². The Morgan fingerprint density at radius 1 is 1.15 bits per heavy atom. The van der Waals surface area contributed by atoms with Crippen molar-refractivity contribution < 1.29 is 4.74 Å². The predicted molar refractivity (Wildman–Crippen MR) is 108 cm³/mol. The van der Waals surface area contributed by atoms with Gasteiger partial charge in [0.2, 0.25) is 5.28 Å². The summed E-state index contributed by atoms with van der Waals surface area (Å²) >= 11 is 6.21. The average molecular weight is 384 g/mol. The number of anilines is 1. The zero-order chi connectivity index (χ0) is 18.8. The van der Waals surface area contributed by atoms with Crippen molar-refractivity contribution in [2.24, 2.45) is 0 Å². The number of hydrogen-bond acceptors (Lipinski definition) is 6. The molecule has 0 saturated carbocycles. The maximum Gasteiger partial charge on any atom is 0.224 e. The van der Waals surface area contributed by atoms with Crippen LogP contribution in [0.2, 0.25) is 5.28 Å². The molecule has 2 aromatic heterocycles. The van der Waals surface area contributed by atoms with Crippen LogP contribution in [0.5, 0.6) is 5.75 Å². The second kappa shape index (κ2) is 7.66. The van der Waals surface area contributed by atoms with Crippen LogP contribution in [0.1, 0.15) is 5.56 Å². The lowest BCUT2D eigenvalue weighted by atomic mass is 10.0. The van der Waals surface area contributed by atoms with Crippen molar-refractivity contribution in [3.8, 4) is 5.75 Å². The van der Waals surface area contributed by atoms with E-state index in [1.807, 2.05) is 0 Å². The highest BCUT2D eigenvalue weighted by atomic mass is 35.5. The van der Waals surface area contributed by atoms with E-state index in [1.165, 1.54) is 5.56 Å². The minimum atomic E-state index is 0.228. The van der Waals surface area contributed by atoms with Crippen molar-refractivity contribution in [3.63, 3.8) is 0 Å². The maximum atomic E-state index is 6.21. The second-order valence-corrected chi connectivity index (χ2v) is 7.16. The predicted octanol–water partition coefficient (Wildman–Crippen LogP) is 3.05. The molecule has 1 fully saturated rings. The fourth-order valence-corrected chi connectivity index (χ4v) is 3.81. The van der Waals surface area contributed by atoms with Crippen molar-refractivity contribution in [1.82, 2.24) is 19.9 Å². The van der Waals surface area contributed by atoms with E-state index in [-0.39, 0.29) is 5.28 Å². The number of halogens is 1. The third-order valence-electron chi connectivity index (χ3n) is 5.14. The Balaban J connectivity index is 1.69. The molecule has 1 aliphatic heterocycles. The van der Waals surface area contributed by atoms with Crippen molar-refractivity contribution in [1.29, 1.82) is 0 Å². The number of pyridine rings is 1. The first-order valence-corrected chi connectivity index (χ1v) is 9.38. The van der Waals surface area contributed by atoms with E-state index in [9.17, 15) is 0 Å².